The molecule has 0 amide bonds. The van der Waals surface area contributed by atoms with Crippen LogP contribution >= 0.6 is 0 Å². The Labute approximate surface area is 127 Å². The van der Waals surface area contributed by atoms with E-state index in [1.54, 1.807) is 0 Å². The van der Waals surface area contributed by atoms with Gasteiger partial charge in [0.1, 0.15) is 0 Å². The molecule has 20 heavy (non-hydrogen) atoms. The predicted molar refractivity (Wildman–Crippen MR) is 89.3 cm³/mol. The molecule has 1 aliphatic rings. The topological polar surface area (TPSA) is 18.5 Å². The summed E-state index contributed by atoms with van der Waals surface area (Å²) in [5, 5.41) is 3.67. The Kier molecular flexibility index (Phi) is 7.49. The molecule has 3 nitrogen and oxygen atoms in total. The van der Waals surface area contributed by atoms with Crippen LogP contribution in [0.25, 0.3) is 0 Å². The average molecular weight is 284 g/mol. The fraction of sp³-hybridized carbons (Fsp3) is 1.00. The van der Waals surface area contributed by atoms with E-state index in [2.05, 4.69) is 56.7 Å². The van der Waals surface area contributed by atoms with Gasteiger partial charge in [0.25, 0.3) is 0 Å². The fourth-order valence-corrected chi connectivity index (χ4v) is 3.11. The number of piperazine rings is 1. The molecule has 3 heteroatoms. The van der Waals surface area contributed by atoms with Gasteiger partial charge in [0.05, 0.1) is 0 Å². The van der Waals surface area contributed by atoms with E-state index >= 15 is 0 Å². The van der Waals surface area contributed by atoms with Crippen LogP contribution in [0.2, 0.25) is 0 Å². The second-order valence-corrected chi connectivity index (χ2v) is 7.15. The second-order valence-electron chi connectivity index (χ2n) is 7.15. The van der Waals surface area contributed by atoms with Crippen molar-refractivity contribution in [2.45, 2.75) is 66.5 Å². The van der Waals surface area contributed by atoms with Crippen LogP contribution in [0, 0.1) is 5.41 Å². The first kappa shape index (κ1) is 17.9. The second kappa shape index (κ2) is 8.35. The fourth-order valence-electron chi connectivity index (χ4n) is 3.11. The van der Waals surface area contributed by atoms with E-state index < -0.39 is 0 Å². The lowest BCUT2D eigenvalue weighted by molar-refractivity contribution is 0.0648. The SMILES string of the molecule is CCC(CC)(CNC(C)C)CN1CCN(C(C)C)CC1. The van der Waals surface area contributed by atoms with Crippen LogP contribution in [0.5, 0.6) is 0 Å². The highest BCUT2D eigenvalue weighted by molar-refractivity contribution is 4.86. The van der Waals surface area contributed by atoms with Crippen LogP contribution in [-0.2, 0) is 0 Å². The van der Waals surface area contributed by atoms with Crippen molar-refractivity contribution in [3.63, 3.8) is 0 Å². The van der Waals surface area contributed by atoms with Gasteiger partial charge in [-0.1, -0.05) is 27.7 Å². The minimum Gasteiger partial charge on any atom is -0.314 e. The van der Waals surface area contributed by atoms with E-state index in [0.717, 1.165) is 6.54 Å². The van der Waals surface area contributed by atoms with Gasteiger partial charge in [-0.15, -0.1) is 0 Å². The lowest BCUT2D eigenvalue weighted by Gasteiger charge is -2.42. The molecule has 120 valence electrons. The van der Waals surface area contributed by atoms with Crippen molar-refractivity contribution in [3.8, 4) is 0 Å². The first-order chi connectivity index (χ1) is 9.42. The van der Waals surface area contributed by atoms with Crippen molar-refractivity contribution in [2.24, 2.45) is 5.41 Å². The van der Waals surface area contributed by atoms with Crippen molar-refractivity contribution in [3.05, 3.63) is 0 Å². The zero-order valence-corrected chi connectivity index (χ0v) is 14.7. The summed E-state index contributed by atoms with van der Waals surface area (Å²) in [5.74, 6) is 0. The van der Waals surface area contributed by atoms with Gasteiger partial charge in [-0.3, -0.25) is 4.90 Å². The van der Waals surface area contributed by atoms with E-state index in [1.807, 2.05) is 0 Å². The van der Waals surface area contributed by atoms with Crippen LogP contribution < -0.4 is 5.32 Å². The number of rotatable bonds is 8. The van der Waals surface area contributed by atoms with Gasteiger partial charge in [-0.25, -0.2) is 0 Å². The lowest BCUT2D eigenvalue weighted by Crippen LogP contribution is -2.53. The third-order valence-electron chi connectivity index (χ3n) is 5.08. The summed E-state index contributed by atoms with van der Waals surface area (Å²) >= 11 is 0. The van der Waals surface area contributed by atoms with Crippen LogP contribution in [0.3, 0.4) is 0 Å². The van der Waals surface area contributed by atoms with Gasteiger partial charge in [-0.2, -0.15) is 0 Å². The minimum absolute atomic E-state index is 0.449. The summed E-state index contributed by atoms with van der Waals surface area (Å²) in [7, 11) is 0. The van der Waals surface area contributed by atoms with Crippen LogP contribution in [-0.4, -0.2) is 61.2 Å². The molecule has 0 aromatic carbocycles. The lowest BCUT2D eigenvalue weighted by atomic mass is 9.81. The van der Waals surface area contributed by atoms with Crippen molar-refractivity contribution in [2.75, 3.05) is 39.3 Å². The zero-order valence-electron chi connectivity index (χ0n) is 14.7. The van der Waals surface area contributed by atoms with Gasteiger partial charge in [0, 0.05) is 51.4 Å². The predicted octanol–water partition coefficient (Wildman–Crippen LogP) is 2.82. The molecule has 0 bridgehead atoms. The molecule has 1 N–H and O–H groups in total. The maximum Gasteiger partial charge on any atom is 0.0113 e. The van der Waals surface area contributed by atoms with Crippen molar-refractivity contribution in [1.82, 2.24) is 15.1 Å². The van der Waals surface area contributed by atoms with Crippen LogP contribution in [0.1, 0.15) is 54.4 Å². The van der Waals surface area contributed by atoms with Gasteiger partial charge < -0.3 is 10.2 Å². The van der Waals surface area contributed by atoms with Crippen molar-refractivity contribution < 1.29 is 0 Å². The maximum atomic E-state index is 3.67. The Balaban J connectivity index is 2.50. The first-order valence-electron chi connectivity index (χ1n) is 8.62. The first-order valence-corrected chi connectivity index (χ1v) is 8.62. The Morgan fingerprint density at radius 3 is 1.90 bits per heavy atom. The Hall–Kier alpha value is -0.120. The number of hydrogen-bond donors (Lipinski definition) is 1. The Morgan fingerprint density at radius 1 is 0.950 bits per heavy atom. The molecule has 0 spiro atoms. The highest BCUT2D eigenvalue weighted by Gasteiger charge is 2.30. The van der Waals surface area contributed by atoms with Crippen LogP contribution in [0.15, 0.2) is 0 Å². The smallest absolute Gasteiger partial charge is 0.0113 e. The molecule has 0 radical (unpaired) electrons. The minimum atomic E-state index is 0.449. The van der Waals surface area contributed by atoms with Gasteiger partial charge in [-0.05, 0) is 32.1 Å². The van der Waals surface area contributed by atoms with E-state index in [0.29, 0.717) is 17.5 Å². The monoisotopic (exact) mass is 283 g/mol. The van der Waals surface area contributed by atoms with Crippen LogP contribution in [0.4, 0.5) is 0 Å². The molecule has 0 aliphatic carbocycles. The summed E-state index contributed by atoms with van der Waals surface area (Å²) in [4.78, 5) is 5.29. The van der Waals surface area contributed by atoms with E-state index in [1.165, 1.54) is 45.6 Å². The Morgan fingerprint density at radius 2 is 1.50 bits per heavy atom. The number of nitrogens with one attached hydrogen (secondary N) is 1. The molecular weight excluding hydrogens is 246 g/mol. The van der Waals surface area contributed by atoms with Gasteiger partial charge >= 0.3 is 0 Å². The molecule has 1 rings (SSSR count). The third kappa shape index (κ3) is 5.34. The number of hydrogen-bond acceptors (Lipinski definition) is 3. The van der Waals surface area contributed by atoms with Crippen molar-refractivity contribution in [1.29, 1.82) is 0 Å². The molecular formula is C17H37N3. The molecule has 0 aromatic rings. The molecule has 0 aromatic heterocycles. The van der Waals surface area contributed by atoms with Gasteiger partial charge in [0.2, 0.25) is 0 Å². The van der Waals surface area contributed by atoms with E-state index in [-0.39, 0.29) is 0 Å². The third-order valence-corrected chi connectivity index (χ3v) is 5.08. The highest BCUT2D eigenvalue weighted by Crippen LogP contribution is 2.27. The molecule has 1 heterocycles. The summed E-state index contributed by atoms with van der Waals surface area (Å²) in [6.07, 6.45) is 2.54. The summed E-state index contributed by atoms with van der Waals surface area (Å²) in [6.45, 7) is 21.2. The molecule has 1 fully saturated rings. The molecule has 1 aliphatic heterocycles. The summed E-state index contributed by atoms with van der Waals surface area (Å²) in [5.41, 5.74) is 0.449. The van der Waals surface area contributed by atoms with E-state index in [4.69, 9.17) is 0 Å². The Bertz CT molecular complexity index is 251. The molecule has 0 unspecified atom stereocenters. The summed E-state index contributed by atoms with van der Waals surface area (Å²) < 4.78 is 0. The number of nitrogens with zero attached hydrogens (tertiary/aromatic N) is 2. The van der Waals surface area contributed by atoms with Crippen molar-refractivity contribution >= 4 is 0 Å². The summed E-state index contributed by atoms with van der Waals surface area (Å²) in [6, 6.07) is 1.28. The maximum absolute atomic E-state index is 3.67. The van der Waals surface area contributed by atoms with E-state index in [9.17, 15) is 0 Å². The zero-order chi connectivity index (χ0) is 15.2. The molecule has 0 atom stereocenters. The normalized spacial score (nSPS) is 19.2. The standard InChI is InChI=1S/C17H37N3/c1-7-17(8-2,13-18-15(3)4)14-19-9-11-20(12-10-19)16(5)6/h15-16,18H,7-14H2,1-6H3. The quantitative estimate of drug-likeness (QED) is 0.739. The molecule has 0 saturated carbocycles. The molecule has 1 saturated heterocycles. The van der Waals surface area contributed by atoms with Gasteiger partial charge in [0.15, 0.2) is 0 Å². The average Bonchev–Trinajstić information content (AvgIpc) is 2.44. The highest BCUT2D eigenvalue weighted by atomic mass is 15.3. The largest absolute Gasteiger partial charge is 0.314 e.